The van der Waals surface area contributed by atoms with Crippen LogP contribution in [-0.2, 0) is 11.2 Å². The third-order valence-electron chi connectivity index (χ3n) is 2.31. The highest BCUT2D eigenvalue weighted by Crippen LogP contribution is 2.06. The van der Waals surface area contributed by atoms with Gasteiger partial charge in [0.1, 0.15) is 11.6 Å². The first-order valence-corrected chi connectivity index (χ1v) is 5.59. The van der Waals surface area contributed by atoms with Crippen molar-refractivity contribution in [3.05, 3.63) is 22.2 Å². The first-order chi connectivity index (χ1) is 8.01. The number of carboxylic acids is 1. The number of carboxylic acid groups (broad SMARTS) is 1. The number of hydrogen-bond donors (Lipinski definition) is 3. The predicted octanol–water partition coefficient (Wildman–Crippen LogP) is 0.997. The number of carbonyl (C=O) groups is 1. The van der Waals surface area contributed by atoms with Crippen LogP contribution in [0, 0.1) is 0 Å². The van der Waals surface area contributed by atoms with Gasteiger partial charge in [-0.1, -0.05) is 6.92 Å². The summed E-state index contributed by atoms with van der Waals surface area (Å²) in [7, 11) is 0. The monoisotopic (exact) mass is 239 g/mol. The van der Waals surface area contributed by atoms with Gasteiger partial charge in [0.25, 0.3) is 5.56 Å². The molecule has 1 aromatic rings. The maximum Gasteiger partial charge on any atom is 0.303 e. The van der Waals surface area contributed by atoms with Gasteiger partial charge in [0.15, 0.2) is 0 Å². The Labute approximate surface area is 99.1 Å². The molecular weight excluding hydrogens is 222 g/mol. The van der Waals surface area contributed by atoms with Crippen LogP contribution in [0.5, 0.6) is 0 Å². The van der Waals surface area contributed by atoms with Gasteiger partial charge in [-0.3, -0.25) is 9.59 Å². The van der Waals surface area contributed by atoms with Gasteiger partial charge in [-0.15, -0.1) is 0 Å². The molecule has 94 valence electrons. The van der Waals surface area contributed by atoms with E-state index in [2.05, 4.69) is 15.3 Å². The molecule has 1 atom stereocenters. The largest absolute Gasteiger partial charge is 0.481 e. The van der Waals surface area contributed by atoms with Crippen LogP contribution in [0.3, 0.4) is 0 Å². The highest BCUT2D eigenvalue weighted by atomic mass is 16.4. The highest BCUT2D eigenvalue weighted by Gasteiger charge is 2.07. The summed E-state index contributed by atoms with van der Waals surface area (Å²) in [4.78, 5) is 28.5. The van der Waals surface area contributed by atoms with Crippen molar-refractivity contribution in [1.82, 2.24) is 9.97 Å². The van der Waals surface area contributed by atoms with Crippen molar-refractivity contribution in [2.75, 3.05) is 5.32 Å². The Morgan fingerprint density at radius 1 is 1.65 bits per heavy atom. The van der Waals surface area contributed by atoms with Crippen molar-refractivity contribution in [2.24, 2.45) is 0 Å². The van der Waals surface area contributed by atoms with Crippen molar-refractivity contribution < 1.29 is 9.90 Å². The van der Waals surface area contributed by atoms with Gasteiger partial charge in [-0.25, -0.2) is 4.98 Å². The topological polar surface area (TPSA) is 95.1 Å². The summed E-state index contributed by atoms with van der Waals surface area (Å²) < 4.78 is 0. The summed E-state index contributed by atoms with van der Waals surface area (Å²) in [5.41, 5.74) is -0.204. The minimum absolute atomic E-state index is 0.0369. The maximum absolute atomic E-state index is 11.3. The molecule has 0 saturated heterocycles. The van der Waals surface area contributed by atoms with Gasteiger partial charge < -0.3 is 15.4 Å². The summed E-state index contributed by atoms with van der Waals surface area (Å²) in [6.45, 7) is 3.76. The number of aliphatic carboxylic acids is 1. The Morgan fingerprint density at radius 3 is 2.94 bits per heavy atom. The normalized spacial score (nSPS) is 12.1. The Kier molecular flexibility index (Phi) is 4.68. The number of hydrogen-bond acceptors (Lipinski definition) is 4. The average Bonchev–Trinajstić information content (AvgIpc) is 2.25. The molecule has 0 spiro atoms. The number of nitrogens with one attached hydrogen (secondary N) is 2. The quantitative estimate of drug-likeness (QED) is 0.688. The van der Waals surface area contributed by atoms with Crippen molar-refractivity contribution in [3.63, 3.8) is 0 Å². The van der Waals surface area contributed by atoms with Crippen molar-refractivity contribution in [2.45, 2.75) is 39.2 Å². The molecule has 0 radical (unpaired) electrons. The molecule has 17 heavy (non-hydrogen) atoms. The van der Waals surface area contributed by atoms with Crippen LogP contribution < -0.4 is 10.9 Å². The van der Waals surface area contributed by atoms with Crippen molar-refractivity contribution in [1.29, 1.82) is 0 Å². The van der Waals surface area contributed by atoms with E-state index in [0.717, 1.165) is 0 Å². The van der Waals surface area contributed by atoms with Crippen LogP contribution in [0.15, 0.2) is 10.9 Å². The minimum Gasteiger partial charge on any atom is -0.481 e. The average molecular weight is 239 g/mol. The lowest BCUT2D eigenvalue weighted by molar-refractivity contribution is -0.137. The van der Waals surface area contributed by atoms with E-state index in [4.69, 9.17) is 5.11 Å². The first-order valence-electron chi connectivity index (χ1n) is 5.59. The standard InChI is InChI=1S/C11H17N3O3/c1-3-8-13-9(6-10(15)14-8)12-7(2)4-5-11(16)17/h6-7H,3-5H2,1-2H3,(H,16,17)(H2,12,13,14,15). The molecule has 6 heteroatoms. The van der Waals surface area contributed by atoms with Crippen LogP contribution in [0.1, 0.15) is 32.5 Å². The van der Waals surface area contributed by atoms with E-state index < -0.39 is 5.97 Å². The minimum atomic E-state index is -0.827. The molecular formula is C11H17N3O3. The second kappa shape index (κ2) is 6.03. The fourth-order valence-corrected chi connectivity index (χ4v) is 1.41. The van der Waals surface area contributed by atoms with Gasteiger partial charge >= 0.3 is 5.97 Å². The summed E-state index contributed by atoms with van der Waals surface area (Å²) in [5, 5.41) is 11.6. The predicted molar refractivity (Wildman–Crippen MR) is 64.2 cm³/mol. The zero-order valence-electron chi connectivity index (χ0n) is 9.99. The van der Waals surface area contributed by atoms with Gasteiger partial charge in [0.05, 0.1) is 0 Å². The zero-order valence-corrected chi connectivity index (χ0v) is 9.99. The number of aromatic nitrogens is 2. The molecule has 1 rings (SSSR count). The van der Waals surface area contributed by atoms with Gasteiger partial charge in [0, 0.05) is 24.9 Å². The number of H-pyrrole nitrogens is 1. The Balaban J connectivity index is 2.64. The van der Waals surface area contributed by atoms with Gasteiger partial charge in [-0.2, -0.15) is 0 Å². The van der Waals surface area contributed by atoms with Crippen LogP contribution in [0.4, 0.5) is 5.82 Å². The van der Waals surface area contributed by atoms with E-state index in [1.807, 2.05) is 13.8 Å². The van der Waals surface area contributed by atoms with Crippen LogP contribution in [0.25, 0.3) is 0 Å². The number of anilines is 1. The smallest absolute Gasteiger partial charge is 0.303 e. The Bertz CT molecular complexity index is 442. The van der Waals surface area contributed by atoms with E-state index in [1.165, 1.54) is 6.07 Å². The Morgan fingerprint density at radius 2 is 2.35 bits per heavy atom. The molecule has 3 N–H and O–H groups in total. The number of aryl methyl sites for hydroxylation is 1. The molecule has 0 aromatic carbocycles. The summed E-state index contributed by atoms with van der Waals surface area (Å²) in [5.74, 6) is 0.278. The molecule has 1 unspecified atom stereocenters. The molecule has 0 saturated carbocycles. The molecule has 0 bridgehead atoms. The van der Waals surface area contributed by atoms with E-state index in [1.54, 1.807) is 0 Å². The summed E-state index contributed by atoms with van der Waals surface area (Å²) in [6, 6.07) is 1.33. The number of aromatic amines is 1. The third kappa shape index (κ3) is 4.67. The van der Waals surface area contributed by atoms with E-state index in [0.29, 0.717) is 24.5 Å². The molecule has 0 aliphatic rings. The molecule has 1 heterocycles. The first kappa shape index (κ1) is 13.2. The molecule has 0 amide bonds. The van der Waals surface area contributed by atoms with E-state index in [-0.39, 0.29) is 18.0 Å². The Hall–Kier alpha value is -1.85. The molecule has 1 aromatic heterocycles. The molecule has 0 fully saturated rings. The second-order valence-electron chi connectivity index (χ2n) is 3.91. The zero-order chi connectivity index (χ0) is 12.8. The lowest BCUT2D eigenvalue weighted by Gasteiger charge is -2.13. The van der Waals surface area contributed by atoms with Gasteiger partial charge in [0.2, 0.25) is 0 Å². The highest BCUT2D eigenvalue weighted by molar-refractivity contribution is 5.66. The van der Waals surface area contributed by atoms with Crippen LogP contribution in [-0.4, -0.2) is 27.1 Å². The second-order valence-corrected chi connectivity index (χ2v) is 3.91. The third-order valence-corrected chi connectivity index (χ3v) is 2.31. The van der Waals surface area contributed by atoms with Gasteiger partial charge in [-0.05, 0) is 13.3 Å². The molecule has 0 aliphatic carbocycles. The fraction of sp³-hybridized carbons (Fsp3) is 0.545. The fourth-order valence-electron chi connectivity index (χ4n) is 1.41. The number of rotatable bonds is 6. The lowest BCUT2D eigenvalue weighted by atomic mass is 10.2. The van der Waals surface area contributed by atoms with E-state index in [9.17, 15) is 9.59 Å². The number of nitrogens with zero attached hydrogens (tertiary/aromatic N) is 1. The summed E-state index contributed by atoms with van der Waals surface area (Å²) >= 11 is 0. The van der Waals surface area contributed by atoms with Crippen molar-refractivity contribution >= 4 is 11.8 Å². The maximum atomic E-state index is 11.3. The van der Waals surface area contributed by atoms with Crippen LogP contribution in [0.2, 0.25) is 0 Å². The molecule has 6 nitrogen and oxygen atoms in total. The van der Waals surface area contributed by atoms with E-state index >= 15 is 0 Å². The summed E-state index contributed by atoms with van der Waals surface area (Å²) in [6.07, 6.45) is 1.23. The lowest BCUT2D eigenvalue weighted by Crippen LogP contribution is -2.20. The van der Waals surface area contributed by atoms with Crippen LogP contribution >= 0.6 is 0 Å². The SMILES string of the molecule is CCc1nc(NC(C)CCC(=O)O)cc(=O)[nH]1. The molecule has 0 aliphatic heterocycles. The van der Waals surface area contributed by atoms with Crippen molar-refractivity contribution in [3.8, 4) is 0 Å².